The van der Waals surface area contributed by atoms with E-state index >= 15 is 0 Å². The highest BCUT2D eigenvalue weighted by Gasteiger charge is 2.31. The van der Waals surface area contributed by atoms with Crippen LogP contribution in [-0.4, -0.2) is 44.7 Å². The summed E-state index contributed by atoms with van der Waals surface area (Å²) in [7, 11) is 3.06. The molecule has 0 spiro atoms. The van der Waals surface area contributed by atoms with Gasteiger partial charge in [0.25, 0.3) is 0 Å². The van der Waals surface area contributed by atoms with Crippen LogP contribution in [0.25, 0.3) is 0 Å². The van der Waals surface area contributed by atoms with Crippen molar-refractivity contribution in [3.63, 3.8) is 0 Å². The molecule has 1 N–H and O–H groups in total. The maximum Gasteiger partial charge on any atom is 0.323 e. The largest absolute Gasteiger partial charge is 0.473 e. The van der Waals surface area contributed by atoms with E-state index in [1.165, 1.54) is 7.11 Å². The van der Waals surface area contributed by atoms with E-state index in [-0.39, 0.29) is 18.1 Å². The zero-order chi connectivity index (χ0) is 17.5. The molecule has 2 atom stereocenters. The average molecular weight is 312 g/mol. The van der Waals surface area contributed by atoms with Crippen molar-refractivity contribution in [3.05, 3.63) is 24.3 Å². The monoisotopic (exact) mass is 312 g/mol. The van der Waals surface area contributed by atoms with E-state index in [4.69, 9.17) is 4.74 Å². The second-order valence-corrected chi connectivity index (χ2v) is 4.07. The van der Waals surface area contributed by atoms with Crippen LogP contribution in [0.5, 0.6) is 0 Å². The molecule has 0 saturated carbocycles. The third-order valence-corrected chi connectivity index (χ3v) is 2.76. The SMILES string of the molecule is C=C/C=C(\C)C(=NC)OC1CN[C@H](C(=O)OC)C1.CC.CC. The number of nitrogens with one attached hydrogen (secondary N) is 1. The summed E-state index contributed by atoms with van der Waals surface area (Å²) in [5.41, 5.74) is 0.911. The van der Waals surface area contributed by atoms with Crippen LogP contribution in [0, 0.1) is 0 Å². The van der Waals surface area contributed by atoms with Gasteiger partial charge < -0.3 is 14.8 Å². The van der Waals surface area contributed by atoms with Crippen molar-refractivity contribution in [2.75, 3.05) is 20.7 Å². The Morgan fingerprint density at radius 3 is 2.36 bits per heavy atom. The van der Waals surface area contributed by atoms with E-state index < -0.39 is 0 Å². The minimum atomic E-state index is -0.290. The van der Waals surface area contributed by atoms with Gasteiger partial charge in [0, 0.05) is 25.6 Å². The van der Waals surface area contributed by atoms with Crippen molar-refractivity contribution in [1.82, 2.24) is 5.32 Å². The molecular weight excluding hydrogens is 280 g/mol. The van der Waals surface area contributed by atoms with Crippen molar-refractivity contribution in [3.8, 4) is 0 Å². The summed E-state index contributed by atoms with van der Waals surface area (Å²) in [6.45, 7) is 14.2. The highest BCUT2D eigenvalue weighted by Crippen LogP contribution is 2.14. The summed E-state index contributed by atoms with van der Waals surface area (Å²) in [5.74, 6) is 0.321. The van der Waals surface area contributed by atoms with Gasteiger partial charge in [-0.2, -0.15) is 0 Å². The Labute approximate surface area is 135 Å². The molecule has 5 heteroatoms. The van der Waals surface area contributed by atoms with E-state index in [1.807, 2.05) is 40.7 Å². The van der Waals surface area contributed by atoms with E-state index in [0.29, 0.717) is 18.9 Å². The Bertz CT molecular complexity index is 376. The molecule has 1 rings (SSSR count). The number of hydrogen-bond acceptors (Lipinski definition) is 5. The topological polar surface area (TPSA) is 59.9 Å². The highest BCUT2D eigenvalue weighted by molar-refractivity contribution is 5.93. The van der Waals surface area contributed by atoms with Gasteiger partial charge in [0.15, 0.2) is 0 Å². The van der Waals surface area contributed by atoms with E-state index in [2.05, 4.69) is 21.6 Å². The minimum Gasteiger partial charge on any atom is -0.473 e. The van der Waals surface area contributed by atoms with Gasteiger partial charge in [0.05, 0.1) is 7.11 Å². The molecule has 0 aromatic carbocycles. The van der Waals surface area contributed by atoms with Gasteiger partial charge in [-0.1, -0.05) is 46.4 Å². The van der Waals surface area contributed by atoms with Crippen molar-refractivity contribution < 1.29 is 14.3 Å². The Kier molecular flexibility index (Phi) is 14.8. The van der Waals surface area contributed by atoms with Crippen LogP contribution in [0.1, 0.15) is 41.0 Å². The average Bonchev–Trinajstić information content (AvgIpc) is 3.04. The number of aliphatic imine (C=N–C) groups is 1. The van der Waals surface area contributed by atoms with Crippen molar-refractivity contribution in [2.45, 2.75) is 53.2 Å². The maximum absolute atomic E-state index is 11.4. The molecule has 1 fully saturated rings. The number of nitrogens with zero attached hydrogens (tertiary/aromatic N) is 1. The molecule has 22 heavy (non-hydrogen) atoms. The fraction of sp³-hybridized carbons (Fsp3) is 0.647. The summed E-state index contributed by atoms with van der Waals surface area (Å²) in [6, 6.07) is -0.290. The Morgan fingerprint density at radius 1 is 1.32 bits per heavy atom. The normalized spacial score (nSPS) is 20.9. The van der Waals surface area contributed by atoms with Crippen LogP contribution in [0.15, 0.2) is 29.3 Å². The number of carbonyl (C=O) groups excluding carboxylic acids is 1. The third-order valence-electron chi connectivity index (χ3n) is 2.76. The second-order valence-electron chi connectivity index (χ2n) is 4.07. The van der Waals surface area contributed by atoms with Gasteiger partial charge in [-0.3, -0.25) is 9.79 Å². The minimum absolute atomic E-state index is 0.0686. The number of carbonyl (C=O) groups is 1. The van der Waals surface area contributed by atoms with Gasteiger partial charge in [0.2, 0.25) is 5.90 Å². The van der Waals surface area contributed by atoms with Crippen LogP contribution in [0.4, 0.5) is 0 Å². The lowest BCUT2D eigenvalue weighted by atomic mass is 10.2. The van der Waals surface area contributed by atoms with E-state index in [0.717, 1.165) is 5.57 Å². The maximum atomic E-state index is 11.4. The van der Waals surface area contributed by atoms with Gasteiger partial charge >= 0.3 is 5.97 Å². The first-order chi connectivity index (χ1) is 10.6. The first-order valence-electron chi connectivity index (χ1n) is 7.86. The molecule has 1 saturated heterocycles. The molecule has 0 aromatic heterocycles. The Hall–Kier alpha value is -1.62. The fourth-order valence-corrected chi connectivity index (χ4v) is 1.84. The fourth-order valence-electron chi connectivity index (χ4n) is 1.84. The molecule has 5 nitrogen and oxygen atoms in total. The van der Waals surface area contributed by atoms with Crippen LogP contribution >= 0.6 is 0 Å². The first kappa shape index (κ1) is 22.7. The van der Waals surface area contributed by atoms with Gasteiger partial charge in [-0.25, -0.2) is 0 Å². The predicted octanol–water partition coefficient (Wildman–Crippen LogP) is 3.12. The molecule has 0 radical (unpaired) electrons. The number of methoxy groups -OCH3 is 1. The van der Waals surface area contributed by atoms with Crippen LogP contribution in [-0.2, 0) is 14.3 Å². The highest BCUT2D eigenvalue weighted by atomic mass is 16.5. The van der Waals surface area contributed by atoms with Gasteiger partial charge in [-0.05, 0) is 6.92 Å². The number of hydrogen-bond donors (Lipinski definition) is 1. The zero-order valence-corrected chi connectivity index (χ0v) is 15.1. The first-order valence-corrected chi connectivity index (χ1v) is 7.86. The van der Waals surface area contributed by atoms with E-state index in [9.17, 15) is 4.79 Å². The summed E-state index contributed by atoms with van der Waals surface area (Å²) in [5, 5.41) is 3.06. The van der Waals surface area contributed by atoms with E-state index in [1.54, 1.807) is 13.1 Å². The van der Waals surface area contributed by atoms with Crippen molar-refractivity contribution >= 4 is 11.9 Å². The summed E-state index contributed by atoms with van der Waals surface area (Å²) < 4.78 is 10.5. The number of ether oxygens (including phenoxy) is 2. The quantitative estimate of drug-likeness (QED) is 0.375. The molecule has 0 bridgehead atoms. The Balaban J connectivity index is 0. The molecule has 1 unspecified atom stereocenters. The van der Waals surface area contributed by atoms with Crippen LogP contribution < -0.4 is 5.32 Å². The van der Waals surface area contributed by atoms with Gasteiger partial charge in [-0.15, -0.1) is 0 Å². The summed E-state index contributed by atoms with van der Waals surface area (Å²) in [6.07, 6.45) is 4.05. The summed E-state index contributed by atoms with van der Waals surface area (Å²) >= 11 is 0. The second kappa shape index (κ2) is 14.3. The van der Waals surface area contributed by atoms with Crippen molar-refractivity contribution in [1.29, 1.82) is 0 Å². The standard InChI is InChI=1S/C13H20N2O3.2C2H6/c1-5-6-9(2)12(14-3)18-10-7-11(15-8-10)13(16)17-4;2*1-2/h5-6,10-11,15H,1,7-8H2,2-4H3;2*1-2H3/b9-6+,14-12?;;/t10?,11-;;/m0../s1. The van der Waals surface area contributed by atoms with Gasteiger partial charge in [0.1, 0.15) is 12.1 Å². The van der Waals surface area contributed by atoms with Crippen LogP contribution in [0.2, 0.25) is 0 Å². The molecule has 128 valence electrons. The Morgan fingerprint density at radius 2 is 1.91 bits per heavy atom. The molecule has 1 aliphatic heterocycles. The molecular formula is C17H32N2O3. The molecule has 0 aliphatic carbocycles. The zero-order valence-electron chi connectivity index (χ0n) is 15.1. The lowest BCUT2D eigenvalue weighted by Crippen LogP contribution is -2.31. The number of allylic oxidation sites excluding steroid dienone is 2. The van der Waals surface area contributed by atoms with Crippen molar-refractivity contribution in [2.24, 2.45) is 4.99 Å². The third kappa shape index (κ3) is 7.98. The molecule has 1 aliphatic rings. The molecule has 0 amide bonds. The summed E-state index contributed by atoms with van der Waals surface area (Å²) in [4.78, 5) is 15.5. The number of esters is 1. The molecule has 0 aromatic rings. The predicted molar refractivity (Wildman–Crippen MR) is 93.3 cm³/mol. The molecule has 1 heterocycles. The van der Waals surface area contributed by atoms with Crippen LogP contribution in [0.3, 0.4) is 0 Å². The lowest BCUT2D eigenvalue weighted by Gasteiger charge is -2.14. The number of rotatable bonds is 4. The lowest BCUT2D eigenvalue weighted by molar-refractivity contribution is -0.142. The smallest absolute Gasteiger partial charge is 0.323 e.